The topological polar surface area (TPSA) is 89.2 Å². The largest absolute Gasteiger partial charge is 0.493 e. The number of carboxylic acids is 1. The molecule has 1 saturated heterocycles. The molecule has 1 aromatic carbocycles. The SMILES string of the molecule is COc1cccc2cc(C(=O)N3CCO[C@@H](C(=O)O)C3)oc12. The highest BCUT2D eigenvalue weighted by Gasteiger charge is 2.31. The number of carboxylic acid groups (broad SMARTS) is 1. The maximum Gasteiger partial charge on any atom is 0.334 e. The van der Waals surface area contributed by atoms with Crippen LogP contribution in [-0.4, -0.2) is 54.8 Å². The summed E-state index contributed by atoms with van der Waals surface area (Å²) >= 11 is 0. The third-order valence-electron chi connectivity index (χ3n) is 3.57. The smallest absolute Gasteiger partial charge is 0.334 e. The van der Waals surface area contributed by atoms with E-state index in [2.05, 4.69) is 0 Å². The molecule has 2 heterocycles. The Balaban J connectivity index is 1.87. The van der Waals surface area contributed by atoms with Crippen molar-refractivity contribution in [2.45, 2.75) is 6.10 Å². The Morgan fingerprint density at radius 3 is 2.95 bits per heavy atom. The summed E-state index contributed by atoms with van der Waals surface area (Å²) in [5.74, 6) is -0.732. The Labute approximate surface area is 126 Å². The van der Waals surface area contributed by atoms with Gasteiger partial charge in [-0.15, -0.1) is 0 Å². The van der Waals surface area contributed by atoms with Crippen LogP contribution in [0.2, 0.25) is 0 Å². The first-order valence-corrected chi connectivity index (χ1v) is 6.80. The lowest BCUT2D eigenvalue weighted by Gasteiger charge is -2.30. The second kappa shape index (κ2) is 5.69. The van der Waals surface area contributed by atoms with Gasteiger partial charge in [0.1, 0.15) is 0 Å². The molecule has 0 radical (unpaired) electrons. The average molecular weight is 305 g/mol. The number of rotatable bonds is 3. The standard InChI is InChI=1S/C15H15NO6/c1-20-10-4-2-3-9-7-11(22-13(9)10)14(17)16-5-6-21-12(8-16)15(18)19/h2-4,7,12H,5-6,8H2,1H3,(H,18,19)/t12-/m1/s1. The molecule has 116 valence electrons. The van der Waals surface area contributed by atoms with E-state index in [4.69, 9.17) is 19.0 Å². The summed E-state index contributed by atoms with van der Waals surface area (Å²) in [6.45, 7) is 0.519. The molecular weight excluding hydrogens is 290 g/mol. The molecular formula is C15H15NO6. The van der Waals surface area contributed by atoms with Crippen molar-refractivity contribution < 1.29 is 28.6 Å². The second-order valence-electron chi connectivity index (χ2n) is 4.94. The fraction of sp³-hybridized carbons (Fsp3) is 0.333. The average Bonchev–Trinajstić information content (AvgIpc) is 2.98. The van der Waals surface area contributed by atoms with Crippen LogP contribution in [0, 0.1) is 0 Å². The van der Waals surface area contributed by atoms with Crippen molar-refractivity contribution in [2.24, 2.45) is 0 Å². The Bertz CT molecular complexity index is 722. The summed E-state index contributed by atoms with van der Waals surface area (Å²) in [5, 5.41) is 9.74. The number of hydrogen-bond acceptors (Lipinski definition) is 5. The first kappa shape index (κ1) is 14.4. The van der Waals surface area contributed by atoms with Crippen LogP contribution < -0.4 is 4.74 Å². The molecule has 0 saturated carbocycles. The number of aliphatic carboxylic acids is 1. The predicted molar refractivity (Wildman–Crippen MR) is 76.0 cm³/mol. The van der Waals surface area contributed by atoms with Gasteiger partial charge < -0.3 is 23.9 Å². The number of benzene rings is 1. The Morgan fingerprint density at radius 1 is 1.41 bits per heavy atom. The molecule has 0 aliphatic carbocycles. The lowest BCUT2D eigenvalue weighted by molar-refractivity contribution is -0.154. The summed E-state index contributed by atoms with van der Waals surface area (Å²) in [5.41, 5.74) is 0.497. The number of fused-ring (bicyclic) bond motifs is 1. The van der Waals surface area contributed by atoms with Gasteiger partial charge in [0.05, 0.1) is 20.3 Å². The number of morpholine rings is 1. The van der Waals surface area contributed by atoms with E-state index in [1.807, 2.05) is 6.07 Å². The van der Waals surface area contributed by atoms with Gasteiger partial charge in [-0.2, -0.15) is 0 Å². The minimum atomic E-state index is -1.08. The second-order valence-corrected chi connectivity index (χ2v) is 4.94. The van der Waals surface area contributed by atoms with Crippen LogP contribution in [0.15, 0.2) is 28.7 Å². The van der Waals surface area contributed by atoms with Gasteiger partial charge in [0.15, 0.2) is 23.2 Å². The Hall–Kier alpha value is -2.54. The van der Waals surface area contributed by atoms with Crippen LogP contribution in [0.25, 0.3) is 11.0 Å². The van der Waals surface area contributed by atoms with Crippen LogP contribution in [0.4, 0.5) is 0 Å². The zero-order valence-electron chi connectivity index (χ0n) is 11.9. The van der Waals surface area contributed by atoms with Gasteiger partial charge in [-0.1, -0.05) is 12.1 Å². The maximum absolute atomic E-state index is 12.5. The van der Waals surface area contributed by atoms with Crippen LogP contribution in [0.5, 0.6) is 5.75 Å². The van der Waals surface area contributed by atoms with Crippen LogP contribution in [0.1, 0.15) is 10.6 Å². The zero-order chi connectivity index (χ0) is 15.7. The summed E-state index contributed by atoms with van der Waals surface area (Å²) in [6, 6.07) is 7.00. The zero-order valence-corrected chi connectivity index (χ0v) is 11.9. The van der Waals surface area contributed by atoms with Crippen molar-refractivity contribution in [2.75, 3.05) is 26.8 Å². The molecule has 2 aromatic rings. The molecule has 1 fully saturated rings. The number of amides is 1. The molecule has 3 rings (SSSR count). The highest BCUT2D eigenvalue weighted by Crippen LogP contribution is 2.29. The fourth-order valence-corrected chi connectivity index (χ4v) is 2.44. The van der Waals surface area contributed by atoms with Gasteiger partial charge >= 0.3 is 5.97 Å². The van der Waals surface area contributed by atoms with Crippen LogP contribution >= 0.6 is 0 Å². The molecule has 1 aliphatic rings. The first-order chi connectivity index (χ1) is 10.6. The van der Waals surface area contributed by atoms with Crippen LogP contribution in [-0.2, 0) is 9.53 Å². The van der Waals surface area contributed by atoms with Gasteiger partial charge in [0, 0.05) is 11.9 Å². The minimum Gasteiger partial charge on any atom is -0.493 e. The van der Waals surface area contributed by atoms with Crippen molar-refractivity contribution in [3.05, 3.63) is 30.0 Å². The normalized spacial score (nSPS) is 18.4. The number of furan rings is 1. The molecule has 1 atom stereocenters. The van der Waals surface area contributed by atoms with Gasteiger partial charge in [-0.25, -0.2) is 4.79 Å². The van der Waals surface area contributed by atoms with E-state index in [-0.39, 0.29) is 24.8 Å². The van der Waals surface area contributed by atoms with Gasteiger partial charge in [0.2, 0.25) is 0 Å². The molecule has 1 N–H and O–H groups in total. The molecule has 22 heavy (non-hydrogen) atoms. The van der Waals surface area contributed by atoms with Gasteiger partial charge in [-0.05, 0) is 12.1 Å². The van der Waals surface area contributed by atoms with Crippen molar-refractivity contribution in [3.63, 3.8) is 0 Å². The summed E-state index contributed by atoms with van der Waals surface area (Å²) in [6.07, 6.45) is -1.00. The lowest BCUT2D eigenvalue weighted by Crippen LogP contribution is -2.48. The Morgan fingerprint density at radius 2 is 2.23 bits per heavy atom. The Kier molecular flexibility index (Phi) is 3.72. The maximum atomic E-state index is 12.5. The highest BCUT2D eigenvalue weighted by molar-refractivity contribution is 5.97. The summed E-state index contributed by atoms with van der Waals surface area (Å²) in [7, 11) is 1.53. The number of para-hydroxylation sites is 1. The van der Waals surface area contributed by atoms with Crippen molar-refractivity contribution >= 4 is 22.8 Å². The molecule has 1 aliphatic heterocycles. The molecule has 1 amide bonds. The number of methoxy groups -OCH3 is 1. The first-order valence-electron chi connectivity index (χ1n) is 6.80. The molecule has 1 aromatic heterocycles. The van der Waals surface area contributed by atoms with E-state index in [0.717, 1.165) is 5.39 Å². The third-order valence-corrected chi connectivity index (χ3v) is 3.57. The predicted octanol–water partition coefficient (Wildman–Crippen LogP) is 1.37. The van der Waals surface area contributed by atoms with E-state index in [9.17, 15) is 9.59 Å². The summed E-state index contributed by atoms with van der Waals surface area (Å²) < 4.78 is 15.9. The van der Waals surface area contributed by atoms with Crippen molar-refractivity contribution in [1.82, 2.24) is 4.90 Å². The number of hydrogen-bond donors (Lipinski definition) is 1. The molecule has 7 nitrogen and oxygen atoms in total. The monoisotopic (exact) mass is 305 g/mol. The number of nitrogens with zero attached hydrogens (tertiary/aromatic N) is 1. The van der Waals surface area contributed by atoms with E-state index in [1.54, 1.807) is 18.2 Å². The molecule has 0 unspecified atom stereocenters. The van der Waals surface area contributed by atoms with Crippen molar-refractivity contribution in [3.8, 4) is 5.75 Å². The fourth-order valence-electron chi connectivity index (χ4n) is 2.44. The van der Waals surface area contributed by atoms with E-state index in [1.165, 1.54) is 12.0 Å². The summed E-state index contributed by atoms with van der Waals surface area (Å²) in [4.78, 5) is 24.9. The third kappa shape index (κ3) is 2.50. The van der Waals surface area contributed by atoms with E-state index < -0.39 is 12.1 Å². The van der Waals surface area contributed by atoms with Crippen LogP contribution in [0.3, 0.4) is 0 Å². The minimum absolute atomic E-state index is 0.00233. The highest BCUT2D eigenvalue weighted by atomic mass is 16.5. The van der Waals surface area contributed by atoms with Gasteiger partial charge in [-0.3, -0.25) is 4.79 Å². The lowest BCUT2D eigenvalue weighted by atomic mass is 10.2. The van der Waals surface area contributed by atoms with E-state index in [0.29, 0.717) is 17.9 Å². The number of ether oxygens (including phenoxy) is 2. The van der Waals surface area contributed by atoms with E-state index >= 15 is 0 Å². The molecule has 7 heteroatoms. The molecule has 0 spiro atoms. The number of carbonyl (C=O) groups is 2. The van der Waals surface area contributed by atoms with Gasteiger partial charge in [0.25, 0.3) is 5.91 Å². The van der Waals surface area contributed by atoms with Crippen molar-refractivity contribution in [1.29, 1.82) is 0 Å². The molecule has 0 bridgehead atoms. The number of carbonyl (C=O) groups excluding carboxylic acids is 1. The quantitative estimate of drug-likeness (QED) is 0.921.